The van der Waals surface area contributed by atoms with E-state index in [2.05, 4.69) is 9.47 Å². The van der Waals surface area contributed by atoms with E-state index in [0.29, 0.717) is 4.90 Å². The first-order valence-electron chi connectivity index (χ1n) is 7.34. The number of ether oxygens (including phenoxy) is 2. The maximum absolute atomic E-state index is 14.4. The van der Waals surface area contributed by atoms with Crippen LogP contribution in [-0.4, -0.2) is 26.2 Å². The van der Waals surface area contributed by atoms with Gasteiger partial charge in [-0.3, -0.25) is 0 Å². The number of halogens is 6. The van der Waals surface area contributed by atoms with E-state index in [-0.39, 0.29) is 6.07 Å². The van der Waals surface area contributed by atoms with E-state index in [0.717, 1.165) is 32.6 Å². The Morgan fingerprint density at radius 2 is 1.57 bits per heavy atom. The molecule has 0 fully saturated rings. The molecule has 0 atom stereocenters. The van der Waals surface area contributed by atoms with E-state index >= 15 is 0 Å². The molecule has 11 heteroatoms. The van der Waals surface area contributed by atoms with E-state index in [9.17, 15) is 35.9 Å². The monoisotopic (exact) mass is 407 g/mol. The number of hydrogen-bond donors (Lipinski definition) is 0. The van der Waals surface area contributed by atoms with E-state index in [1.54, 1.807) is 0 Å². The summed E-state index contributed by atoms with van der Waals surface area (Å²) >= 11 is 0. The van der Waals surface area contributed by atoms with Gasteiger partial charge >= 0.3 is 18.1 Å². The molecule has 0 saturated heterocycles. The van der Waals surface area contributed by atoms with Crippen molar-refractivity contribution >= 4 is 17.6 Å². The standard InChI is InChI=1S/C17H11F6NO4/c1-27-15(25)8-5-3-4-6-24(14(8)16(26)28-2)10-7-9(18)11(17(21,22)23)13(20)12(10)19/h3-7H,1-2H3. The zero-order chi connectivity index (χ0) is 21.2. The van der Waals surface area contributed by atoms with Gasteiger partial charge in [0.1, 0.15) is 17.1 Å². The number of hydrogen-bond acceptors (Lipinski definition) is 5. The summed E-state index contributed by atoms with van der Waals surface area (Å²) in [6.07, 6.45) is -1.16. The minimum atomic E-state index is -5.50. The molecule has 0 aliphatic carbocycles. The normalized spacial score (nSPS) is 14.2. The molecule has 1 aromatic carbocycles. The van der Waals surface area contributed by atoms with Gasteiger partial charge in [-0.25, -0.2) is 22.8 Å². The lowest BCUT2D eigenvalue weighted by Crippen LogP contribution is -2.28. The van der Waals surface area contributed by atoms with E-state index in [1.165, 1.54) is 6.08 Å². The summed E-state index contributed by atoms with van der Waals surface area (Å²) in [4.78, 5) is 24.6. The van der Waals surface area contributed by atoms with E-state index in [1.807, 2.05) is 0 Å². The fourth-order valence-electron chi connectivity index (χ4n) is 2.37. The molecular weight excluding hydrogens is 396 g/mol. The summed E-state index contributed by atoms with van der Waals surface area (Å²) in [5.74, 6) is -9.03. The number of anilines is 1. The van der Waals surface area contributed by atoms with Gasteiger partial charge in [-0.1, -0.05) is 6.08 Å². The number of allylic oxidation sites excluding steroid dienone is 2. The maximum atomic E-state index is 14.4. The third-order valence-electron chi connectivity index (χ3n) is 3.57. The second-order valence-electron chi connectivity index (χ2n) is 5.19. The Hall–Kier alpha value is -3.24. The highest BCUT2D eigenvalue weighted by Crippen LogP contribution is 2.39. The highest BCUT2D eigenvalue weighted by atomic mass is 19.4. The second-order valence-corrected chi connectivity index (χ2v) is 5.19. The Labute approximate surface area is 154 Å². The van der Waals surface area contributed by atoms with Crippen molar-refractivity contribution in [2.45, 2.75) is 6.18 Å². The van der Waals surface area contributed by atoms with Crippen LogP contribution < -0.4 is 4.90 Å². The third kappa shape index (κ3) is 3.73. The van der Waals surface area contributed by atoms with Gasteiger partial charge in [0.15, 0.2) is 11.6 Å². The summed E-state index contributed by atoms with van der Waals surface area (Å²) in [6.45, 7) is 0. The Morgan fingerprint density at radius 3 is 2.11 bits per heavy atom. The van der Waals surface area contributed by atoms with Gasteiger partial charge in [-0.05, 0) is 12.2 Å². The summed E-state index contributed by atoms with van der Waals surface area (Å²) in [6, 6.07) is 0.0503. The summed E-state index contributed by atoms with van der Waals surface area (Å²) in [7, 11) is 1.88. The average Bonchev–Trinajstić information content (AvgIpc) is 2.85. The van der Waals surface area contributed by atoms with Crippen LogP contribution in [-0.2, 0) is 25.2 Å². The molecule has 150 valence electrons. The topological polar surface area (TPSA) is 55.8 Å². The average molecular weight is 407 g/mol. The lowest BCUT2D eigenvalue weighted by molar-refractivity contribution is -0.143. The van der Waals surface area contributed by atoms with Crippen LogP contribution in [0.3, 0.4) is 0 Å². The van der Waals surface area contributed by atoms with Gasteiger partial charge in [-0.2, -0.15) is 13.2 Å². The summed E-state index contributed by atoms with van der Waals surface area (Å²) < 4.78 is 89.7. The number of alkyl halides is 3. The molecule has 0 radical (unpaired) electrons. The molecule has 1 aromatic rings. The first kappa shape index (κ1) is 21.1. The Kier molecular flexibility index (Phi) is 5.86. The van der Waals surface area contributed by atoms with Gasteiger partial charge < -0.3 is 14.4 Å². The number of rotatable bonds is 3. The number of esters is 2. The Morgan fingerprint density at radius 1 is 0.964 bits per heavy atom. The fourth-order valence-corrected chi connectivity index (χ4v) is 2.37. The zero-order valence-electron chi connectivity index (χ0n) is 14.2. The Balaban J connectivity index is 2.81. The Bertz CT molecular complexity index is 917. The van der Waals surface area contributed by atoms with Crippen molar-refractivity contribution in [3.63, 3.8) is 0 Å². The van der Waals surface area contributed by atoms with Crippen molar-refractivity contribution in [1.29, 1.82) is 0 Å². The molecule has 28 heavy (non-hydrogen) atoms. The quantitative estimate of drug-likeness (QED) is 0.435. The largest absolute Gasteiger partial charge is 0.465 e. The molecule has 2 rings (SSSR count). The first-order chi connectivity index (χ1) is 13.0. The molecule has 0 unspecified atom stereocenters. The lowest BCUT2D eigenvalue weighted by Gasteiger charge is -2.24. The first-order valence-corrected chi connectivity index (χ1v) is 7.34. The molecule has 5 nitrogen and oxygen atoms in total. The highest BCUT2D eigenvalue weighted by Gasteiger charge is 2.41. The zero-order valence-corrected chi connectivity index (χ0v) is 14.2. The molecule has 0 aromatic heterocycles. The minimum absolute atomic E-state index is 0.0503. The van der Waals surface area contributed by atoms with Crippen molar-refractivity contribution < 1.29 is 45.4 Å². The predicted octanol–water partition coefficient (Wildman–Crippen LogP) is 3.61. The molecule has 0 spiro atoms. The van der Waals surface area contributed by atoms with Crippen molar-refractivity contribution in [1.82, 2.24) is 0 Å². The van der Waals surface area contributed by atoms with Crippen LogP contribution in [0.25, 0.3) is 0 Å². The SMILES string of the molecule is COC(=O)C1=C(C(=O)OC)N(c2cc(F)c(C(F)(F)F)c(F)c2F)C=CC=C1. The maximum Gasteiger partial charge on any atom is 0.422 e. The van der Waals surface area contributed by atoms with Gasteiger partial charge in [0, 0.05) is 12.3 Å². The van der Waals surface area contributed by atoms with Crippen molar-refractivity contribution in [2.75, 3.05) is 19.1 Å². The van der Waals surface area contributed by atoms with Crippen LogP contribution in [0.2, 0.25) is 0 Å². The molecule has 1 aliphatic rings. The molecule has 0 amide bonds. The predicted molar refractivity (Wildman–Crippen MR) is 83.1 cm³/mol. The fraction of sp³-hybridized carbons (Fsp3) is 0.176. The van der Waals surface area contributed by atoms with Gasteiger partial charge in [0.25, 0.3) is 0 Å². The van der Waals surface area contributed by atoms with Crippen LogP contribution in [0.4, 0.5) is 32.0 Å². The summed E-state index contributed by atoms with van der Waals surface area (Å²) in [5.41, 5.74) is -4.73. The third-order valence-corrected chi connectivity index (χ3v) is 3.57. The van der Waals surface area contributed by atoms with Gasteiger partial charge in [0.05, 0.1) is 25.5 Å². The molecular formula is C17H11F6NO4. The smallest absolute Gasteiger partial charge is 0.422 e. The van der Waals surface area contributed by atoms with Crippen LogP contribution in [0.5, 0.6) is 0 Å². The van der Waals surface area contributed by atoms with E-state index < -0.39 is 58.1 Å². The van der Waals surface area contributed by atoms with Crippen LogP contribution in [0.15, 0.2) is 41.8 Å². The van der Waals surface area contributed by atoms with Crippen LogP contribution >= 0.6 is 0 Å². The number of benzene rings is 1. The molecule has 1 aliphatic heterocycles. The molecule has 1 heterocycles. The van der Waals surface area contributed by atoms with Crippen molar-refractivity contribution in [3.8, 4) is 0 Å². The second kappa shape index (κ2) is 7.79. The van der Waals surface area contributed by atoms with Crippen LogP contribution in [0.1, 0.15) is 5.56 Å². The van der Waals surface area contributed by atoms with E-state index in [4.69, 9.17) is 0 Å². The van der Waals surface area contributed by atoms with Crippen molar-refractivity contribution in [3.05, 3.63) is 64.8 Å². The molecule has 0 bridgehead atoms. The lowest BCUT2D eigenvalue weighted by atomic mass is 10.1. The number of nitrogens with zero attached hydrogens (tertiary/aromatic N) is 1. The van der Waals surface area contributed by atoms with Crippen molar-refractivity contribution in [2.24, 2.45) is 0 Å². The number of methoxy groups -OCH3 is 2. The molecule has 0 N–H and O–H groups in total. The summed E-state index contributed by atoms with van der Waals surface area (Å²) in [5, 5.41) is 0. The van der Waals surface area contributed by atoms with Crippen LogP contribution in [0, 0.1) is 17.5 Å². The van der Waals surface area contributed by atoms with Gasteiger partial charge in [0.2, 0.25) is 0 Å². The number of carbonyl (C=O) groups excluding carboxylic acids is 2. The minimum Gasteiger partial charge on any atom is -0.465 e. The molecule has 0 saturated carbocycles. The highest BCUT2D eigenvalue weighted by molar-refractivity contribution is 6.05. The van der Waals surface area contributed by atoms with Gasteiger partial charge in [-0.15, -0.1) is 0 Å². The number of carbonyl (C=O) groups is 2.